The van der Waals surface area contributed by atoms with E-state index in [9.17, 15) is 4.79 Å². The summed E-state index contributed by atoms with van der Waals surface area (Å²) in [5.74, 6) is -0.355. The summed E-state index contributed by atoms with van der Waals surface area (Å²) in [6.07, 6.45) is 0. The van der Waals surface area contributed by atoms with Crippen LogP contribution in [0.5, 0.6) is 0 Å². The van der Waals surface area contributed by atoms with Gasteiger partial charge < -0.3 is 16.3 Å². The summed E-state index contributed by atoms with van der Waals surface area (Å²) < 4.78 is 1.04. The largest absolute Gasteiger partial charge is 0.409 e. The molecule has 0 aromatic heterocycles. The van der Waals surface area contributed by atoms with Crippen LogP contribution in [0.2, 0.25) is 0 Å². The summed E-state index contributed by atoms with van der Waals surface area (Å²) in [6, 6.07) is 15.6. The Labute approximate surface area is 136 Å². The van der Waals surface area contributed by atoms with Crippen molar-refractivity contribution in [1.29, 1.82) is 0 Å². The van der Waals surface area contributed by atoms with E-state index in [0.717, 1.165) is 9.13 Å². The maximum Gasteiger partial charge on any atom is 0.252 e. The zero-order chi connectivity index (χ0) is 15.2. The predicted molar refractivity (Wildman–Crippen MR) is 89.2 cm³/mol. The van der Waals surface area contributed by atoms with Gasteiger partial charge in [-0.3, -0.25) is 4.79 Å². The summed E-state index contributed by atoms with van der Waals surface area (Å²) in [6.45, 7) is 0. The number of benzene rings is 2. The molecule has 0 aliphatic rings. The highest BCUT2D eigenvalue weighted by Gasteiger charge is 2.19. The Morgan fingerprint density at radius 1 is 1.14 bits per heavy atom. The Morgan fingerprint density at radius 3 is 2.33 bits per heavy atom. The van der Waals surface area contributed by atoms with Gasteiger partial charge in [0.15, 0.2) is 5.84 Å². The molecule has 2 rings (SSSR count). The molecule has 21 heavy (non-hydrogen) atoms. The van der Waals surface area contributed by atoms with E-state index in [1.807, 2.05) is 30.3 Å². The average molecular weight is 395 g/mol. The first-order valence-corrected chi connectivity index (χ1v) is 7.28. The fraction of sp³-hybridized carbons (Fsp3) is 0.0667. The fourth-order valence-electron chi connectivity index (χ4n) is 1.85. The van der Waals surface area contributed by atoms with Crippen LogP contribution in [0.4, 0.5) is 0 Å². The van der Waals surface area contributed by atoms with Gasteiger partial charge in [-0.05, 0) is 52.4 Å². The molecule has 1 amide bonds. The normalized spacial score (nSPS) is 12.7. The molecular weight excluding hydrogens is 381 g/mol. The van der Waals surface area contributed by atoms with Crippen molar-refractivity contribution in [2.75, 3.05) is 0 Å². The molecule has 1 unspecified atom stereocenters. The molecule has 0 saturated carbocycles. The fourth-order valence-corrected chi connectivity index (χ4v) is 2.21. The van der Waals surface area contributed by atoms with Crippen LogP contribution in [0.15, 0.2) is 59.8 Å². The Kier molecular flexibility index (Phi) is 5.15. The van der Waals surface area contributed by atoms with E-state index in [0.29, 0.717) is 5.56 Å². The summed E-state index contributed by atoms with van der Waals surface area (Å²) in [4.78, 5) is 12.3. The number of nitrogens with one attached hydrogen (secondary N) is 1. The number of nitrogens with two attached hydrogens (primary N) is 1. The van der Waals surface area contributed by atoms with Gasteiger partial charge in [0.05, 0.1) is 0 Å². The first-order valence-electron chi connectivity index (χ1n) is 6.20. The van der Waals surface area contributed by atoms with E-state index in [-0.39, 0.29) is 11.7 Å². The van der Waals surface area contributed by atoms with Crippen LogP contribution in [0.25, 0.3) is 0 Å². The molecule has 0 bridgehead atoms. The molecule has 4 N–H and O–H groups in total. The number of amides is 1. The lowest BCUT2D eigenvalue weighted by molar-refractivity contribution is 0.0946. The van der Waals surface area contributed by atoms with Crippen LogP contribution >= 0.6 is 22.6 Å². The van der Waals surface area contributed by atoms with E-state index in [2.05, 4.69) is 33.1 Å². The van der Waals surface area contributed by atoms with Crippen LogP contribution in [-0.2, 0) is 0 Å². The second-order valence-electron chi connectivity index (χ2n) is 4.35. The van der Waals surface area contributed by atoms with E-state index in [1.165, 1.54) is 0 Å². The number of oxime groups is 1. The van der Waals surface area contributed by atoms with Gasteiger partial charge in [-0.15, -0.1) is 0 Å². The SMILES string of the molecule is N/C(=N\O)C(NC(=O)c1ccc(I)cc1)c1ccccc1. The lowest BCUT2D eigenvalue weighted by Crippen LogP contribution is -2.37. The monoisotopic (exact) mass is 395 g/mol. The summed E-state index contributed by atoms with van der Waals surface area (Å²) in [5.41, 5.74) is 6.94. The van der Waals surface area contributed by atoms with Crippen molar-refractivity contribution < 1.29 is 10.0 Å². The van der Waals surface area contributed by atoms with Gasteiger partial charge in [-0.2, -0.15) is 0 Å². The molecule has 0 spiro atoms. The van der Waals surface area contributed by atoms with Crippen molar-refractivity contribution in [3.8, 4) is 0 Å². The maximum absolute atomic E-state index is 12.3. The third-order valence-electron chi connectivity index (χ3n) is 2.93. The third-order valence-corrected chi connectivity index (χ3v) is 3.65. The molecule has 2 aromatic carbocycles. The van der Waals surface area contributed by atoms with Crippen LogP contribution in [0.3, 0.4) is 0 Å². The van der Waals surface area contributed by atoms with E-state index in [4.69, 9.17) is 10.9 Å². The zero-order valence-electron chi connectivity index (χ0n) is 11.0. The lowest BCUT2D eigenvalue weighted by atomic mass is 10.1. The highest BCUT2D eigenvalue weighted by atomic mass is 127. The van der Waals surface area contributed by atoms with Gasteiger partial charge in [0, 0.05) is 9.13 Å². The molecular formula is C15H14IN3O2. The van der Waals surface area contributed by atoms with Gasteiger partial charge in [0.1, 0.15) is 6.04 Å². The predicted octanol–water partition coefficient (Wildman–Crippen LogP) is 2.51. The minimum atomic E-state index is -0.678. The molecule has 6 heteroatoms. The average Bonchev–Trinajstić information content (AvgIpc) is 2.53. The maximum atomic E-state index is 12.3. The number of rotatable bonds is 4. The topological polar surface area (TPSA) is 87.7 Å². The first-order chi connectivity index (χ1) is 10.1. The van der Waals surface area contributed by atoms with Crippen molar-refractivity contribution in [3.05, 3.63) is 69.3 Å². The van der Waals surface area contributed by atoms with Crippen molar-refractivity contribution >= 4 is 34.3 Å². The number of carbonyl (C=O) groups excluding carboxylic acids is 1. The lowest BCUT2D eigenvalue weighted by Gasteiger charge is -2.17. The summed E-state index contributed by atoms with van der Waals surface area (Å²) in [7, 11) is 0. The second kappa shape index (κ2) is 7.07. The molecule has 0 heterocycles. The number of amidine groups is 1. The smallest absolute Gasteiger partial charge is 0.252 e. The second-order valence-corrected chi connectivity index (χ2v) is 5.59. The number of nitrogens with zero attached hydrogens (tertiary/aromatic N) is 1. The van der Waals surface area contributed by atoms with Crippen molar-refractivity contribution in [1.82, 2.24) is 5.32 Å². The van der Waals surface area contributed by atoms with Crippen LogP contribution in [0, 0.1) is 3.57 Å². The van der Waals surface area contributed by atoms with Crippen molar-refractivity contribution in [3.63, 3.8) is 0 Å². The molecule has 5 nitrogen and oxygen atoms in total. The van der Waals surface area contributed by atoms with Gasteiger partial charge in [0.2, 0.25) is 0 Å². The van der Waals surface area contributed by atoms with Crippen molar-refractivity contribution in [2.24, 2.45) is 10.9 Å². The zero-order valence-corrected chi connectivity index (χ0v) is 13.2. The molecule has 0 saturated heterocycles. The number of hydrogen-bond acceptors (Lipinski definition) is 3. The first kappa shape index (κ1) is 15.3. The highest BCUT2D eigenvalue weighted by Crippen LogP contribution is 2.14. The van der Waals surface area contributed by atoms with Crippen LogP contribution < -0.4 is 11.1 Å². The quantitative estimate of drug-likeness (QED) is 0.245. The summed E-state index contributed by atoms with van der Waals surface area (Å²) >= 11 is 2.17. The van der Waals surface area contributed by atoms with Gasteiger partial charge >= 0.3 is 0 Å². The van der Waals surface area contributed by atoms with E-state index in [1.54, 1.807) is 24.3 Å². The van der Waals surface area contributed by atoms with E-state index < -0.39 is 6.04 Å². The minimum absolute atomic E-state index is 0.0694. The molecule has 108 valence electrons. The minimum Gasteiger partial charge on any atom is -0.409 e. The number of hydrogen-bond donors (Lipinski definition) is 3. The van der Waals surface area contributed by atoms with Crippen LogP contribution in [0.1, 0.15) is 22.0 Å². The van der Waals surface area contributed by atoms with Crippen molar-refractivity contribution in [2.45, 2.75) is 6.04 Å². The standard InChI is InChI=1S/C15H14IN3O2/c16-12-8-6-11(7-9-12)15(20)18-13(14(17)19-21)10-4-2-1-3-5-10/h1-9,13,21H,(H2,17,19)(H,18,20). The number of carbonyl (C=O) groups is 1. The molecule has 0 fully saturated rings. The molecule has 0 aliphatic heterocycles. The Morgan fingerprint density at radius 2 is 1.76 bits per heavy atom. The Hall–Kier alpha value is -2.09. The number of halogens is 1. The Bertz CT molecular complexity index is 642. The van der Waals surface area contributed by atoms with Gasteiger partial charge in [0.25, 0.3) is 5.91 Å². The van der Waals surface area contributed by atoms with Gasteiger partial charge in [-0.1, -0.05) is 35.5 Å². The highest BCUT2D eigenvalue weighted by molar-refractivity contribution is 14.1. The molecule has 0 aliphatic carbocycles. The Balaban J connectivity index is 2.23. The molecule has 2 aromatic rings. The molecule has 0 radical (unpaired) electrons. The van der Waals surface area contributed by atoms with Gasteiger partial charge in [-0.25, -0.2) is 0 Å². The van der Waals surface area contributed by atoms with Crippen LogP contribution in [-0.4, -0.2) is 17.0 Å². The van der Waals surface area contributed by atoms with E-state index >= 15 is 0 Å². The third kappa shape index (κ3) is 3.94. The summed E-state index contributed by atoms with van der Waals surface area (Å²) in [5, 5.41) is 14.7. The molecule has 1 atom stereocenters.